The minimum absolute atomic E-state index is 0.0341. The van der Waals surface area contributed by atoms with Crippen molar-refractivity contribution in [1.82, 2.24) is 9.69 Å². The Labute approximate surface area is 136 Å². The maximum atomic E-state index is 12.1. The molecule has 0 aliphatic heterocycles. The molecular formula is C15H15ClN2O3S. The fraction of sp³-hybridized carbons (Fsp3) is 0.333. The predicted octanol–water partition coefficient (Wildman–Crippen LogP) is 1.91. The number of aromatic amines is 1. The Morgan fingerprint density at radius 3 is 2.64 bits per heavy atom. The number of carbonyl (C=O) groups excluding carboxylic acids is 1. The number of hydrogen-bond donors (Lipinski definition) is 3. The van der Waals surface area contributed by atoms with Crippen molar-refractivity contribution in [3.63, 3.8) is 0 Å². The molecule has 0 atom stereocenters. The van der Waals surface area contributed by atoms with Gasteiger partial charge >= 0.3 is 0 Å². The van der Waals surface area contributed by atoms with E-state index < -0.39 is 5.56 Å². The third kappa shape index (κ3) is 2.58. The van der Waals surface area contributed by atoms with E-state index in [2.05, 4.69) is 9.69 Å². The summed E-state index contributed by atoms with van der Waals surface area (Å²) in [6.07, 6.45) is 1.33. The fourth-order valence-corrected chi connectivity index (χ4v) is 3.86. The molecule has 1 fully saturated rings. The first-order valence-electron chi connectivity index (χ1n) is 6.90. The number of aromatic nitrogens is 1. The van der Waals surface area contributed by atoms with E-state index in [1.165, 1.54) is 0 Å². The van der Waals surface area contributed by atoms with Crippen molar-refractivity contribution in [3.05, 3.63) is 56.1 Å². The first-order valence-corrected chi connectivity index (χ1v) is 8.09. The normalized spacial score (nSPS) is 23.8. The zero-order valence-corrected chi connectivity index (χ0v) is 13.2. The van der Waals surface area contributed by atoms with Crippen LogP contribution < -0.4 is 10.9 Å². The Morgan fingerprint density at radius 1 is 1.41 bits per heavy atom. The Morgan fingerprint density at radius 2 is 2.09 bits per heavy atom. The third-order valence-electron chi connectivity index (χ3n) is 4.15. The highest BCUT2D eigenvalue weighted by atomic mass is 35.5. The summed E-state index contributed by atoms with van der Waals surface area (Å²) >= 11 is 6.73. The highest BCUT2D eigenvalue weighted by Gasteiger charge is 2.45. The summed E-state index contributed by atoms with van der Waals surface area (Å²) in [5.74, 6) is -0.349. The highest BCUT2D eigenvalue weighted by Crippen LogP contribution is 2.43. The van der Waals surface area contributed by atoms with Crippen LogP contribution in [-0.2, 0) is 5.41 Å². The molecule has 1 heterocycles. The number of carbonyl (C=O) groups is 1. The Balaban J connectivity index is 1.67. The van der Waals surface area contributed by atoms with E-state index in [9.17, 15) is 14.7 Å². The smallest absolute Gasteiger partial charge is 0.277 e. The third-order valence-corrected chi connectivity index (χ3v) is 5.50. The molecule has 0 unspecified atom stereocenters. The minimum atomic E-state index is -0.445. The first-order chi connectivity index (χ1) is 10.6. The van der Waals surface area contributed by atoms with Crippen LogP contribution in [0.5, 0.6) is 0 Å². The van der Waals surface area contributed by atoms with Gasteiger partial charge in [-0.3, -0.25) is 14.0 Å². The fourth-order valence-electron chi connectivity index (χ4n) is 2.92. The molecule has 0 bridgehead atoms. The topological polar surface area (TPSA) is 82.2 Å². The van der Waals surface area contributed by atoms with Gasteiger partial charge in [0.05, 0.1) is 6.61 Å². The summed E-state index contributed by atoms with van der Waals surface area (Å²) < 4.78 is 2.43. The molecule has 1 saturated carbocycles. The largest absolute Gasteiger partial charge is 0.395 e. The van der Waals surface area contributed by atoms with E-state index >= 15 is 0 Å². The quantitative estimate of drug-likeness (QED) is 0.796. The zero-order chi connectivity index (χ0) is 15.7. The Bertz CT molecular complexity index is 735. The van der Waals surface area contributed by atoms with Gasteiger partial charge in [0.1, 0.15) is 9.90 Å². The lowest BCUT2D eigenvalue weighted by Gasteiger charge is -2.47. The lowest BCUT2D eigenvalue weighted by Crippen LogP contribution is -2.55. The van der Waals surface area contributed by atoms with Gasteiger partial charge in [-0.1, -0.05) is 53.5 Å². The van der Waals surface area contributed by atoms with Crippen molar-refractivity contribution in [3.8, 4) is 0 Å². The summed E-state index contributed by atoms with van der Waals surface area (Å²) in [6.45, 7) is 0.0433. The minimum Gasteiger partial charge on any atom is -0.395 e. The molecule has 1 aromatic carbocycles. The summed E-state index contributed by atoms with van der Waals surface area (Å²) in [4.78, 5) is 23.6. The molecule has 7 heteroatoms. The van der Waals surface area contributed by atoms with Crippen molar-refractivity contribution >= 4 is 29.0 Å². The molecular weight excluding hydrogens is 324 g/mol. The number of H-pyrrole nitrogens is 1. The maximum Gasteiger partial charge on any atom is 0.277 e. The van der Waals surface area contributed by atoms with Crippen LogP contribution in [0.25, 0.3) is 0 Å². The number of aliphatic hydroxyl groups excluding tert-OH is 1. The molecule has 2 aromatic rings. The van der Waals surface area contributed by atoms with Crippen LogP contribution >= 0.6 is 23.1 Å². The van der Waals surface area contributed by atoms with Crippen molar-refractivity contribution < 1.29 is 9.90 Å². The van der Waals surface area contributed by atoms with Gasteiger partial charge in [-0.05, 0) is 18.4 Å². The molecule has 1 aromatic heterocycles. The summed E-state index contributed by atoms with van der Waals surface area (Å²) in [5.41, 5.74) is 0.334. The lowest BCUT2D eigenvalue weighted by molar-refractivity contribution is 0.0703. The van der Waals surface area contributed by atoms with Crippen LogP contribution in [0.1, 0.15) is 28.1 Å². The second-order valence-electron chi connectivity index (χ2n) is 5.56. The molecule has 1 amide bonds. The van der Waals surface area contributed by atoms with Crippen LogP contribution in [0.3, 0.4) is 0 Å². The van der Waals surface area contributed by atoms with Crippen LogP contribution in [0.2, 0.25) is 5.02 Å². The van der Waals surface area contributed by atoms with Crippen LogP contribution in [0, 0.1) is 0 Å². The van der Waals surface area contributed by atoms with Gasteiger partial charge in [0, 0.05) is 11.5 Å². The number of amides is 1. The molecule has 116 valence electrons. The van der Waals surface area contributed by atoms with E-state index in [-0.39, 0.29) is 33.9 Å². The van der Waals surface area contributed by atoms with E-state index in [0.29, 0.717) is 12.8 Å². The summed E-state index contributed by atoms with van der Waals surface area (Å²) in [6, 6.07) is 9.76. The average Bonchev–Trinajstić information content (AvgIpc) is 2.83. The van der Waals surface area contributed by atoms with Gasteiger partial charge in [0.25, 0.3) is 11.5 Å². The SMILES string of the molecule is O=C(NC1CC(CO)(c2ccccc2)C1)c1s[nH]c(=O)c1Cl. The second-order valence-corrected chi connectivity index (χ2v) is 6.75. The standard InChI is InChI=1S/C15H15ClN2O3S/c16-11-12(22-18-13(11)20)14(21)17-10-6-15(7-10,8-19)9-4-2-1-3-5-9/h1-5,10,19H,6-8H2,(H,17,21)(H,18,20). The van der Waals surface area contributed by atoms with Gasteiger partial charge in [-0.25, -0.2) is 0 Å². The van der Waals surface area contributed by atoms with Crippen LogP contribution in [0.15, 0.2) is 35.1 Å². The maximum absolute atomic E-state index is 12.1. The molecule has 22 heavy (non-hydrogen) atoms. The van der Waals surface area contributed by atoms with E-state index in [1.54, 1.807) is 0 Å². The number of halogens is 1. The van der Waals surface area contributed by atoms with Gasteiger partial charge in [0.15, 0.2) is 0 Å². The van der Waals surface area contributed by atoms with Crippen molar-refractivity contribution in [2.45, 2.75) is 24.3 Å². The highest BCUT2D eigenvalue weighted by molar-refractivity contribution is 7.08. The summed E-state index contributed by atoms with van der Waals surface area (Å²) in [5, 5.41) is 12.5. The molecule has 5 nitrogen and oxygen atoms in total. The number of nitrogens with one attached hydrogen (secondary N) is 2. The Kier molecular flexibility index (Phi) is 4.08. The van der Waals surface area contributed by atoms with Gasteiger partial charge in [-0.2, -0.15) is 0 Å². The average molecular weight is 339 g/mol. The molecule has 3 N–H and O–H groups in total. The Hall–Kier alpha value is -1.63. The monoisotopic (exact) mass is 338 g/mol. The molecule has 0 radical (unpaired) electrons. The number of rotatable bonds is 4. The van der Waals surface area contributed by atoms with Gasteiger partial charge in [-0.15, -0.1) is 0 Å². The zero-order valence-electron chi connectivity index (χ0n) is 11.6. The number of hydrogen-bond acceptors (Lipinski definition) is 4. The predicted molar refractivity (Wildman–Crippen MR) is 85.6 cm³/mol. The number of benzene rings is 1. The molecule has 0 spiro atoms. The first kappa shape index (κ1) is 15.3. The van der Waals surface area contributed by atoms with Crippen molar-refractivity contribution in [2.24, 2.45) is 0 Å². The van der Waals surface area contributed by atoms with Crippen LogP contribution in [0.4, 0.5) is 0 Å². The van der Waals surface area contributed by atoms with Gasteiger partial charge in [0.2, 0.25) is 0 Å². The molecule has 1 aliphatic rings. The summed E-state index contributed by atoms with van der Waals surface area (Å²) in [7, 11) is 0. The van der Waals surface area contributed by atoms with Crippen LogP contribution in [-0.4, -0.2) is 28.0 Å². The van der Waals surface area contributed by atoms with Crippen molar-refractivity contribution in [1.29, 1.82) is 0 Å². The van der Waals surface area contributed by atoms with E-state index in [1.807, 2.05) is 30.3 Å². The number of aliphatic hydroxyl groups is 1. The van der Waals surface area contributed by atoms with E-state index in [4.69, 9.17) is 11.6 Å². The van der Waals surface area contributed by atoms with E-state index in [0.717, 1.165) is 17.1 Å². The molecule has 0 saturated heterocycles. The molecule has 3 rings (SSSR count). The lowest BCUT2D eigenvalue weighted by atomic mass is 9.62. The second kappa shape index (κ2) is 5.87. The van der Waals surface area contributed by atoms with Gasteiger partial charge < -0.3 is 10.4 Å². The molecule has 1 aliphatic carbocycles. The van der Waals surface area contributed by atoms with Crippen molar-refractivity contribution in [2.75, 3.05) is 6.61 Å².